The lowest BCUT2D eigenvalue weighted by Gasteiger charge is -2.12. The predicted molar refractivity (Wildman–Crippen MR) is 90.8 cm³/mol. The van der Waals surface area contributed by atoms with E-state index in [1.807, 2.05) is 0 Å². The van der Waals surface area contributed by atoms with Crippen molar-refractivity contribution in [2.24, 2.45) is 5.92 Å². The van der Waals surface area contributed by atoms with E-state index in [0.717, 1.165) is 18.2 Å². The maximum absolute atomic E-state index is 12.1. The number of carboxylic acid groups (broad SMARTS) is 1. The second-order valence-corrected chi connectivity index (χ2v) is 5.56. The van der Waals surface area contributed by atoms with Gasteiger partial charge >= 0.3 is 11.9 Å². The number of nitrogens with zero attached hydrogens (tertiary/aromatic N) is 2. The minimum atomic E-state index is -1.47. The van der Waals surface area contributed by atoms with Crippen LogP contribution in [-0.4, -0.2) is 26.9 Å². The SMILES string of the molecule is O=C(O)C(Cc1ccccc1)C(=O)OCc1cc([N+](=O)[O-])cc([N+](=O)[O-])c1. The van der Waals surface area contributed by atoms with Gasteiger partial charge in [0.25, 0.3) is 11.4 Å². The number of hydrogen-bond donors (Lipinski definition) is 1. The summed E-state index contributed by atoms with van der Waals surface area (Å²) in [4.78, 5) is 43.6. The van der Waals surface area contributed by atoms with Crippen molar-refractivity contribution in [3.05, 3.63) is 79.9 Å². The molecule has 0 fully saturated rings. The van der Waals surface area contributed by atoms with Gasteiger partial charge in [0.1, 0.15) is 6.61 Å². The van der Waals surface area contributed by atoms with Crippen LogP contribution in [0.2, 0.25) is 0 Å². The van der Waals surface area contributed by atoms with Crippen molar-refractivity contribution < 1.29 is 29.3 Å². The van der Waals surface area contributed by atoms with Crippen LogP contribution in [0.4, 0.5) is 11.4 Å². The maximum Gasteiger partial charge on any atom is 0.320 e. The number of rotatable bonds is 8. The van der Waals surface area contributed by atoms with Gasteiger partial charge in [-0.1, -0.05) is 30.3 Å². The first-order valence-electron chi connectivity index (χ1n) is 7.64. The third-order valence-electron chi connectivity index (χ3n) is 3.63. The van der Waals surface area contributed by atoms with E-state index in [4.69, 9.17) is 4.74 Å². The van der Waals surface area contributed by atoms with Crippen molar-refractivity contribution in [3.63, 3.8) is 0 Å². The molecule has 0 radical (unpaired) electrons. The number of benzene rings is 2. The molecule has 0 aliphatic rings. The number of ether oxygens (including phenoxy) is 1. The molecule has 0 aliphatic heterocycles. The Morgan fingerprint density at radius 3 is 2.00 bits per heavy atom. The molecule has 10 heteroatoms. The van der Waals surface area contributed by atoms with E-state index in [2.05, 4.69) is 0 Å². The van der Waals surface area contributed by atoms with Gasteiger partial charge in [0, 0.05) is 17.7 Å². The molecule has 0 aliphatic carbocycles. The highest BCUT2D eigenvalue weighted by Crippen LogP contribution is 2.23. The second kappa shape index (κ2) is 8.52. The van der Waals surface area contributed by atoms with Crippen LogP contribution in [0.3, 0.4) is 0 Å². The molecule has 27 heavy (non-hydrogen) atoms. The first-order chi connectivity index (χ1) is 12.8. The van der Waals surface area contributed by atoms with Crippen molar-refractivity contribution in [3.8, 4) is 0 Å². The molecule has 0 aromatic heterocycles. The zero-order valence-corrected chi connectivity index (χ0v) is 13.8. The molecule has 0 spiro atoms. The number of carboxylic acids is 1. The van der Waals surface area contributed by atoms with Crippen LogP contribution in [0.25, 0.3) is 0 Å². The number of carbonyl (C=O) groups excluding carboxylic acids is 1. The van der Waals surface area contributed by atoms with Crippen LogP contribution in [0, 0.1) is 26.1 Å². The first-order valence-corrected chi connectivity index (χ1v) is 7.64. The number of esters is 1. The maximum atomic E-state index is 12.1. The molecule has 2 aromatic rings. The molecule has 0 bridgehead atoms. The molecule has 0 saturated heterocycles. The summed E-state index contributed by atoms with van der Waals surface area (Å²) in [6, 6.07) is 11.3. The molecule has 1 unspecified atom stereocenters. The van der Waals surface area contributed by atoms with E-state index in [1.165, 1.54) is 0 Å². The Balaban J connectivity index is 2.13. The first kappa shape index (κ1) is 19.5. The fourth-order valence-electron chi connectivity index (χ4n) is 2.33. The van der Waals surface area contributed by atoms with Crippen molar-refractivity contribution in [1.29, 1.82) is 0 Å². The highest BCUT2D eigenvalue weighted by atomic mass is 16.6. The van der Waals surface area contributed by atoms with Gasteiger partial charge in [0.2, 0.25) is 0 Å². The average Bonchev–Trinajstić information content (AvgIpc) is 2.64. The van der Waals surface area contributed by atoms with Gasteiger partial charge in [-0.3, -0.25) is 29.8 Å². The number of aliphatic carboxylic acids is 1. The Morgan fingerprint density at radius 1 is 0.963 bits per heavy atom. The largest absolute Gasteiger partial charge is 0.481 e. The summed E-state index contributed by atoms with van der Waals surface area (Å²) in [7, 11) is 0. The third-order valence-corrected chi connectivity index (χ3v) is 3.63. The molecular formula is C17H14N2O8. The zero-order valence-electron chi connectivity index (χ0n) is 13.8. The Morgan fingerprint density at radius 2 is 1.52 bits per heavy atom. The molecule has 1 atom stereocenters. The molecule has 0 heterocycles. The van der Waals surface area contributed by atoms with Crippen molar-refractivity contribution in [1.82, 2.24) is 0 Å². The topological polar surface area (TPSA) is 150 Å². The van der Waals surface area contributed by atoms with E-state index in [-0.39, 0.29) is 12.0 Å². The van der Waals surface area contributed by atoms with Crippen molar-refractivity contribution in [2.45, 2.75) is 13.0 Å². The van der Waals surface area contributed by atoms with Gasteiger partial charge < -0.3 is 9.84 Å². The normalized spacial score (nSPS) is 11.4. The van der Waals surface area contributed by atoms with Gasteiger partial charge in [-0.2, -0.15) is 0 Å². The average molecular weight is 374 g/mol. The minimum absolute atomic E-state index is 0.00750. The number of non-ortho nitro benzene ring substituents is 2. The van der Waals surface area contributed by atoms with E-state index >= 15 is 0 Å². The fraction of sp³-hybridized carbons (Fsp3) is 0.176. The van der Waals surface area contributed by atoms with Crippen LogP contribution in [0.5, 0.6) is 0 Å². The lowest BCUT2D eigenvalue weighted by molar-refractivity contribution is -0.394. The lowest BCUT2D eigenvalue weighted by atomic mass is 10.00. The van der Waals surface area contributed by atoms with Crippen LogP contribution < -0.4 is 0 Å². The Bertz CT molecular complexity index is 850. The summed E-state index contributed by atoms with van der Waals surface area (Å²) >= 11 is 0. The van der Waals surface area contributed by atoms with E-state index in [0.29, 0.717) is 5.56 Å². The van der Waals surface area contributed by atoms with Crippen LogP contribution in [0.15, 0.2) is 48.5 Å². The Kier molecular flexibility index (Phi) is 6.15. The van der Waals surface area contributed by atoms with Gasteiger partial charge in [-0.25, -0.2) is 0 Å². The summed E-state index contributed by atoms with van der Waals surface area (Å²) in [5.41, 5.74) is -0.440. The summed E-state index contributed by atoms with van der Waals surface area (Å²) < 4.78 is 4.93. The van der Waals surface area contributed by atoms with Gasteiger partial charge in [0.15, 0.2) is 5.92 Å². The highest BCUT2D eigenvalue weighted by molar-refractivity contribution is 5.94. The second-order valence-electron chi connectivity index (χ2n) is 5.56. The molecule has 0 saturated carbocycles. The molecule has 2 rings (SSSR count). The molecule has 1 N–H and O–H groups in total. The Hall–Kier alpha value is -3.82. The van der Waals surface area contributed by atoms with Gasteiger partial charge in [0.05, 0.1) is 15.9 Å². The smallest absolute Gasteiger partial charge is 0.320 e. The summed E-state index contributed by atoms with van der Waals surface area (Å²) in [5.74, 6) is -3.89. The van der Waals surface area contributed by atoms with Crippen LogP contribution in [-0.2, 0) is 27.4 Å². The molecule has 10 nitrogen and oxygen atoms in total. The van der Waals surface area contributed by atoms with E-state index in [9.17, 15) is 34.9 Å². The summed E-state index contributed by atoms with van der Waals surface area (Å²) in [6.07, 6.45) is -0.0932. The lowest BCUT2D eigenvalue weighted by Crippen LogP contribution is -2.27. The summed E-state index contributed by atoms with van der Waals surface area (Å²) in [5, 5.41) is 31.0. The van der Waals surface area contributed by atoms with Crippen LogP contribution in [0.1, 0.15) is 11.1 Å². The Labute approximate surface area is 152 Å². The minimum Gasteiger partial charge on any atom is -0.481 e. The zero-order chi connectivity index (χ0) is 20.0. The van der Waals surface area contributed by atoms with E-state index in [1.54, 1.807) is 30.3 Å². The quantitative estimate of drug-likeness (QED) is 0.320. The van der Waals surface area contributed by atoms with Crippen molar-refractivity contribution >= 4 is 23.3 Å². The summed E-state index contributed by atoms with van der Waals surface area (Å²) in [6.45, 7) is -0.528. The number of nitro benzene ring substituents is 2. The van der Waals surface area contributed by atoms with E-state index < -0.39 is 45.7 Å². The fourth-order valence-corrected chi connectivity index (χ4v) is 2.33. The molecule has 2 aromatic carbocycles. The van der Waals surface area contributed by atoms with Gasteiger partial charge in [-0.15, -0.1) is 0 Å². The molecule has 0 amide bonds. The number of hydrogen-bond acceptors (Lipinski definition) is 7. The monoisotopic (exact) mass is 374 g/mol. The predicted octanol–water partition coefficient (Wildman–Crippen LogP) is 2.49. The number of carbonyl (C=O) groups is 2. The van der Waals surface area contributed by atoms with Gasteiger partial charge in [-0.05, 0) is 12.0 Å². The van der Waals surface area contributed by atoms with Crippen molar-refractivity contribution in [2.75, 3.05) is 0 Å². The molecule has 140 valence electrons. The highest BCUT2D eigenvalue weighted by Gasteiger charge is 2.28. The standard InChI is InChI=1S/C17H14N2O8/c20-16(21)15(8-11-4-2-1-3-5-11)17(22)27-10-12-6-13(18(23)24)9-14(7-12)19(25)26/h1-7,9,15H,8,10H2,(H,20,21). The van der Waals surface area contributed by atoms with Crippen LogP contribution >= 0.6 is 0 Å². The third kappa shape index (κ3) is 5.33. The number of nitro groups is 2. The molecular weight excluding hydrogens is 360 g/mol.